The van der Waals surface area contributed by atoms with Gasteiger partial charge in [0.2, 0.25) is 15.9 Å². The highest BCUT2D eigenvalue weighted by Crippen LogP contribution is 2.30. The first-order valence-electron chi connectivity index (χ1n) is 9.25. The van der Waals surface area contributed by atoms with Crippen molar-refractivity contribution < 1.29 is 27.2 Å². The summed E-state index contributed by atoms with van der Waals surface area (Å²) in [4.78, 5) is 40.3. The highest BCUT2D eigenvalue weighted by molar-refractivity contribution is 7.94. The third kappa shape index (κ3) is 3.68. The van der Waals surface area contributed by atoms with Crippen molar-refractivity contribution in [3.8, 4) is 0 Å². The van der Waals surface area contributed by atoms with Crippen molar-refractivity contribution in [2.45, 2.75) is 6.42 Å². The Morgan fingerprint density at radius 2 is 1.67 bits per heavy atom. The second-order valence-electron chi connectivity index (χ2n) is 6.95. The summed E-state index contributed by atoms with van der Waals surface area (Å²) in [7, 11) is -3.71. The average Bonchev–Trinajstić information content (AvgIpc) is 3.35. The van der Waals surface area contributed by atoms with Gasteiger partial charge in [-0.05, 0) is 30.3 Å². The molecule has 9 nitrogen and oxygen atoms in total. The minimum atomic E-state index is -3.71. The van der Waals surface area contributed by atoms with Gasteiger partial charge in [0.15, 0.2) is 5.76 Å². The maximum atomic E-state index is 12.9. The first-order chi connectivity index (χ1) is 14.3. The highest BCUT2D eigenvalue weighted by Gasteiger charge is 2.37. The number of hydrogen-bond acceptors (Lipinski definition) is 6. The van der Waals surface area contributed by atoms with Crippen molar-refractivity contribution in [3.05, 3.63) is 52.9 Å². The molecule has 0 radical (unpaired) electrons. The van der Waals surface area contributed by atoms with Crippen LogP contribution in [0.4, 0.5) is 5.69 Å². The molecule has 2 aromatic rings. The largest absolute Gasteiger partial charge is 0.459 e. The molecule has 2 aliphatic rings. The van der Waals surface area contributed by atoms with Crippen molar-refractivity contribution in [2.75, 3.05) is 36.2 Å². The predicted molar refractivity (Wildman–Crippen MR) is 108 cm³/mol. The molecule has 0 atom stereocenters. The van der Waals surface area contributed by atoms with Gasteiger partial charge in [-0.15, -0.1) is 0 Å². The number of hydrogen-bond donors (Lipinski definition) is 0. The molecule has 0 bridgehead atoms. The molecule has 0 aliphatic carbocycles. The zero-order valence-corrected chi connectivity index (χ0v) is 17.4. The molecule has 11 heteroatoms. The number of rotatable bonds is 3. The molecule has 2 aliphatic heterocycles. The van der Waals surface area contributed by atoms with Gasteiger partial charge in [-0.2, -0.15) is 0 Å². The van der Waals surface area contributed by atoms with Gasteiger partial charge in [0, 0.05) is 32.6 Å². The third-order valence-electron chi connectivity index (χ3n) is 5.08. The molecule has 1 aromatic heterocycles. The number of amides is 3. The van der Waals surface area contributed by atoms with Crippen LogP contribution in [-0.4, -0.2) is 67.9 Å². The van der Waals surface area contributed by atoms with Crippen LogP contribution in [0.3, 0.4) is 0 Å². The molecule has 1 aromatic carbocycles. The van der Waals surface area contributed by atoms with Gasteiger partial charge in [0.1, 0.15) is 0 Å². The lowest BCUT2D eigenvalue weighted by atomic mass is 10.1. The number of sulfonamides is 1. The number of carbonyl (C=O) groups is 3. The second kappa shape index (κ2) is 7.77. The molecule has 0 spiro atoms. The molecule has 0 unspecified atom stereocenters. The maximum Gasteiger partial charge on any atom is 0.289 e. The van der Waals surface area contributed by atoms with E-state index in [1.807, 2.05) is 0 Å². The summed E-state index contributed by atoms with van der Waals surface area (Å²) in [6, 6.07) is 7.36. The van der Waals surface area contributed by atoms with Crippen LogP contribution in [0.15, 0.2) is 41.0 Å². The van der Waals surface area contributed by atoms with Crippen LogP contribution in [0.5, 0.6) is 0 Å². The Morgan fingerprint density at radius 3 is 2.20 bits per heavy atom. The summed E-state index contributed by atoms with van der Waals surface area (Å²) < 4.78 is 30.0. The zero-order valence-electron chi connectivity index (χ0n) is 15.8. The second-order valence-corrected chi connectivity index (χ2v) is 9.29. The van der Waals surface area contributed by atoms with Crippen LogP contribution in [0, 0.1) is 0 Å². The van der Waals surface area contributed by atoms with E-state index in [9.17, 15) is 22.8 Å². The fourth-order valence-corrected chi connectivity index (χ4v) is 5.22. The standard InChI is InChI=1S/C19H18ClN3O6S/c20-15-12-13(23-17(24)5-11-30(23,27)28)3-4-14(15)18(25)21-6-8-22(9-7-21)19(26)16-2-1-10-29-16/h1-4,10,12H,5-9,11H2. The molecule has 3 amide bonds. The van der Waals surface area contributed by atoms with Crippen LogP contribution in [0.2, 0.25) is 5.02 Å². The zero-order chi connectivity index (χ0) is 21.5. The van der Waals surface area contributed by atoms with Gasteiger partial charge < -0.3 is 14.2 Å². The Morgan fingerprint density at radius 1 is 1.00 bits per heavy atom. The number of anilines is 1. The predicted octanol–water partition coefficient (Wildman–Crippen LogP) is 1.60. The van der Waals surface area contributed by atoms with E-state index in [0.29, 0.717) is 26.2 Å². The topological polar surface area (TPSA) is 108 Å². The highest BCUT2D eigenvalue weighted by atomic mass is 35.5. The Balaban J connectivity index is 1.45. The number of nitrogens with zero attached hydrogens (tertiary/aromatic N) is 3. The third-order valence-corrected chi connectivity index (χ3v) is 7.09. The lowest BCUT2D eigenvalue weighted by Gasteiger charge is -2.34. The lowest BCUT2D eigenvalue weighted by molar-refractivity contribution is -0.116. The molecule has 158 valence electrons. The van der Waals surface area contributed by atoms with Crippen molar-refractivity contribution in [2.24, 2.45) is 0 Å². The van der Waals surface area contributed by atoms with Gasteiger partial charge in [-0.1, -0.05) is 11.6 Å². The molecule has 0 saturated carbocycles. The number of halogens is 1. The molecule has 30 heavy (non-hydrogen) atoms. The van der Waals surface area contributed by atoms with Gasteiger partial charge in [0.05, 0.1) is 28.3 Å². The van der Waals surface area contributed by atoms with Crippen molar-refractivity contribution in [3.63, 3.8) is 0 Å². The first kappa shape index (κ1) is 20.4. The summed E-state index contributed by atoms with van der Waals surface area (Å²) in [5, 5.41) is 0.0569. The molecular formula is C19H18ClN3O6S. The van der Waals surface area contributed by atoms with Gasteiger partial charge >= 0.3 is 0 Å². The van der Waals surface area contributed by atoms with E-state index in [0.717, 1.165) is 4.31 Å². The fraction of sp³-hybridized carbons (Fsp3) is 0.316. The summed E-state index contributed by atoms with van der Waals surface area (Å²) in [5.74, 6) is -1.08. The quantitative estimate of drug-likeness (QED) is 0.701. The van der Waals surface area contributed by atoms with Crippen LogP contribution in [0.1, 0.15) is 27.3 Å². The van der Waals surface area contributed by atoms with Crippen LogP contribution >= 0.6 is 11.6 Å². The maximum absolute atomic E-state index is 12.9. The van der Waals surface area contributed by atoms with E-state index in [4.69, 9.17) is 16.0 Å². The average molecular weight is 452 g/mol. The Labute approximate surface area is 177 Å². The van der Waals surface area contributed by atoms with Crippen molar-refractivity contribution in [1.82, 2.24) is 9.80 Å². The van der Waals surface area contributed by atoms with Gasteiger partial charge in [-0.3, -0.25) is 14.4 Å². The Bertz CT molecular complexity index is 1110. The van der Waals surface area contributed by atoms with E-state index in [1.54, 1.807) is 21.9 Å². The molecule has 2 fully saturated rings. The smallest absolute Gasteiger partial charge is 0.289 e. The number of furan rings is 1. The number of piperazine rings is 1. The Kier molecular flexibility index (Phi) is 5.29. The van der Waals surface area contributed by atoms with Crippen LogP contribution < -0.4 is 4.31 Å². The molecule has 2 saturated heterocycles. The van der Waals surface area contributed by atoms with E-state index in [2.05, 4.69) is 0 Å². The first-order valence-corrected chi connectivity index (χ1v) is 11.2. The SMILES string of the molecule is O=C(c1ccco1)N1CCN(C(=O)c2ccc(N3C(=O)CCS3(=O)=O)cc2Cl)CC1. The molecular weight excluding hydrogens is 434 g/mol. The van der Waals surface area contributed by atoms with Crippen LogP contribution in [0.25, 0.3) is 0 Å². The summed E-state index contributed by atoms with van der Waals surface area (Å²) in [5.41, 5.74) is 0.322. The molecule has 3 heterocycles. The van der Waals surface area contributed by atoms with E-state index in [1.165, 1.54) is 24.5 Å². The van der Waals surface area contributed by atoms with E-state index < -0.39 is 15.9 Å². The number of carbonyl (C=O) groups excluding carboxylic acids is 3. The Hall–Kier alpha value is -2.85. The normalized spacial score (nSPS) is 18.7. The molecule has 4 rings (SSSR count). The monoisotopic (exact) mass is 451 g/mol. The fourth-order valence-electron chi connectivity index (χ4n) is 3.51. The van der Waals surface area contributed by atoms with Gasteiger partial charge in [0.25, 0.3) is 11.8 Å². The summed E-state index contributed by atoms with van der Waals surface area (Å²) >= 11 is 6.25. The van der Waals surface area contributed by atoms with Crippen LogP contribution in [-0.2, 0) is 14.8 Å². The summed E-state index contributed by atoms with van der Waals surface area (Å²) in [6.45, 7) is 1.34. The minimum absolute atomic E-state index is 0.0569. The van der Waals surface area contributed by atoms with Crippen molar-refractivity contribution in [1.29, 1.82) is 0 Å². The van der Waals surface area contributed by atoms with Gasteiger partial charge in [-0.25, -0.2) is 12.7 Å². The number of benzene rings is 1. The minimum Gasteiger partial charge on any atom is -0.459 e. The van der Waals surface area contributed by atoms with E-state index in [-0.39, 0.29) is 46.0 Å². The molecule has 0 N–H and O–H groups in total. The van der Waals surface area contributed by atoms with Crippen molar-refractivity contribution >= 4 is 45.0 Å². The lowest BCUT2D eigenvalue weighted by Crippen LogP contribution is -2.50. The summed E-state index contributed by atoms with van der Waals surface area (Å²) in [6.07, 6.45) is 1.35. The van der Waals surface area contributed by atoms with E-state index >= 15 is 0 Å².